The number of benzene rings is 1. The molecule has 104 valence electrons. The smallest absolute Gasteiger partial charge is 0.130 e. The standard InChI is InChI=1S/C15H19BrFNO/c16-11-4-5-12(13(17)8-11)14-9-18-10-15(19-14)6-2-1-3-7-15/h4-5,8,14,18H,1-3,6-7,9-10H2. The normalized spacial score (nSPS) is 26.5. The van der Waals surface area contributed by atoms with Crippen molar-refractivity contribution in [2.75, 3.05) is 13.1 Å². The molecule has 3 rings (SSSR count). The molecule has 1 spiro atoms. The molecule has 1 saturated heterocycles. The van der Waals surface area contributed by atoms with Gasteiger partial charge in [0.25, 0.3) is 0 Å². The van der Waals surface area contributed by atoms with Crippen molar-refractivity contribution in [1.82, 2.24) is 5.32 Å². The van der Waals surface area contributed by atoms with Gasteiger partial charge in [0, 0.05) is 23.1 Å². The van der Waals surface area contributed by atoms with E-state index in [0.29, 0.717) is 12.1 Å². The van der Waals surface area contributed by atoms with E-state index >= 15 is 0 Å². The topological polar surface area (TPSA) is 21.3 Å². The van der Waals surface area contributed by atoms with Crippen LogP contribution in [0.25, 0.3) is 0 Å². The highest BCUT2D eigenvalue weighted by atomic mass is 79.9. The fourth-order valence-corrected chi connectivity index (χ4v) is 3.58. The van der Waals surface area contributed by atoms with Gasteiger partial charge in [0.15, 0.2) is 0 Å². The SMILES string of the molecule is Fc1cc(Br)ccc1C1CNCC2(CCCCC2)O1. The van der Waals surface area contributed by atoms with E-state index in [1.54, 1.807) is 0 Å². The van der Waals surface area contributed by atoms with Crippen LogP contribution in [0, 0.1) is 5.82 Å². The molecular formula is C15H19BrFNO. The number of hydrogen-bond donors (Lipinski definition) is 1. The predicted octanol–water partition coefficient (Wildman–Crippen LogP) is 3.95. The molecule has 1 aromatic carbocycles. The Kier molecular flexibility index (Phi) is 3.92. The zero-order valence-electron chi connectivity index (χ0n) is 10.9. The van der Waals surface area contributed by atoms with Crippen LogP contribution in [-0.4, -0.2) is 18.7 Å². The van der Waals surface area contributed by atoms with E-state index < -0.39 is 0 Å². The van der Waals surface area contributed by atoms with Crippen molar-refractivity contribution in [3.8, 4) is 0 Å². The van der Waals surface area contributed by atoms with Crippen molar-refractivity contribution in [2.24, 2.45) is 0 Å². The summed E-state index contributed by atoms with van der Waals surface area (Å²) in [6.07, 6.45) is 5.75. The Balaban J connectivity index is 1.81. The maximum atomic E-state index is 14.1. The van der Waals surface area contributed by atoms with E-state index in [1.807, 2.05) is 12.1 Å². The zero-order valence-corrected chi connectivity index (χ0v) is 12.5. The molecule has 1 N–H and O–H groups in total. The van der Waals surface area contributed by atoms with Gasteiger partial charge >= 0.3 is 0 Å². The molecule has 1 aromatic rings. The quantitative estimate of drug-likeness (QED) is 0.843. The third-order valence-electron chi connectivity index (χ3n) is 4.24. The summed E-state index contributed by atoms with van der Waals surface area (Å²) in [5.74, 6) is -0.186. The van der Waals surface area contributed by atoms with Gasteiger partial charge in [0.2, 0.25) is 0 Å². The molecular weight excluding hydrogens is 309 g/mol. The summed E-state index contributed by atoms with van der Waals surface area (Å²) in [5, 5.41) is 3.43. The van der Waals surface area contributed by atoms with E-state index in [-0.39, 0.29) is 17.5 Å². The van der Waals surface area contributed by atoms with Crippen LogP contribution in [0.3, 0.4) is 0 Å². The molecule has 1 saturated carbocycles. The van der Waals surface area contributed by atoms with Crippen LogP contribution in [0.2, 0.25) is 0 Å². The molecule has 2 aliphatic rings. The first-order valence-corrected chi connectivity index (χ1v) is 7.81. The lowest BCUT2D eigenvalue weighted by molar-refractivity contribution is -0.136. The van der Waals surface area contributed by atoms with Gasteiger partial charge in [-0.3, -0.25) is 0 Å². The first-order valence-electron chi connectivity index (χ1n) is 7.02. The molecule has 2 fully saturated rings. The van der Waals surface area contributed by atoms with Crippen LogP contribution in [0.5, 0.6) is 0 Å². The molecule has 2 nitrogen and oxygen atoms in total. The van der Waals surface area contributed by atoms with Gasteiger partial charge < -0.3 is 10.1 Å². The predicted molar refractivity (Wildman–Crippen MR) is 76.6 cm³/mol. The van der Waals surface area contributed by atoms with E-state index in [9.17, 15) is 4.39 Å². The van der Waals surface area contributed by atoms with Gasteiger partial charge in [-0.15, -0.1) is 0 Å². The zero-order chi connectivity index (χ0) is 13.3. The van der Waals surface area contributed by atoms with Crippen LogP contribution in [0.15, 0.2) is 22.7 Å². The summed E-state index contributed by atoms with van der Waals surface area (Å²) in [6.45, 7) is 1.60. The van der Waals surface area contributed by atoms with Crippen LogP contribution < -0.4 is 5.32 Å². The number of morpholine rings is 1. The van der Waals surface area contributed by atoms with Crippen molar-refractivity contribution in [1.29, 1.82) is 0 Å². The molecule has 0 radical (unpaired) electrons. The van der Waals surface area contributed by atoms with E-state index in [0.717, 1.165) is 23.9 Å². The Hall–Kier alpha value is -0.450. The van der Waals surface area contributed by atoms with Gasteiger partial charge in [-0.05, 0) is 25.0 Å². The Bertz CT molecular complexity index is 454. The highest BCUT2D eigenvalue weighted by molar-refractivity contribution is 9.10. The number of hydrogen-bond acceptors (Lipinski definition) is 2. The molecule has 1 heterocycles. The molecule has 1 atom stereocenters. The Morgan fingerprint density at radius 1 is 1.26 bits per heavy atom. The molecule has 1 aliphatic heterocycles. The number of halogens is 2. The Morgan fingerprint density at radius 3 is 2.79 bits per heavy atom. The lowest BCUT2D eigenvalue weighted by atomic mass is 9.83. The lowest BCUT2D eigenvalue weighted by Gasteiger charge is -2.44. The second-order valence-electron chi connectivity index (χ2n) is 5.65. The minimum atomic E-state index is -0.186. The third-order valence-corrected chi connectivity index (χ3v) is 4.74. The van der Waals surface area contributed by atoms with Crippen molar-refractivity contribution in [2.45, 2.75) is 43.8 Å². The van der Waals surface area contributed by atoms with Crippen LogP contribution in [0.4, 0.5) is 4.39 Å². The average molecular weight is 328 g/mol. The van der Waals surface area contributed by atoms with Gasteiger partial charge in [-0.25, -0.2) is 4.39 Å². The molecule has 1 unspecified atom stereocenters. The molecule has 4 heteroatoms. The summed E-state index contributed by atoms with van der Waals surface area (Å²) in [6, 6.07) is 5.22. The first-order chi connectivity index (χ1) is 9.19. The van der Waals surface area contributed by atoms with Crippen molar-refractivity contribution in [3.63, 3.8) is 0 Å². The van der Waals surface area contributed by atoms with Crippen LogP contribution >= 0.6 is 15.9 Å². The second-order valence-corrected chi connectivity index (χ2v) is 6.56. The van der Waals surface area contributed by atoms with Gasteiger partial charge in [-0.2, -0.15) is 0 Å². The summed E-state index contributed by atoms with van der Waals surface area (Å²) in [7, 11) is 0. The molecule has 0 bridgehead atoms. The largest absolute Gasteiger partial charge is 0.364 e. The van der Waals surface area contributed by atoms with E-state index in [4.69, 9.17) is 4.74 Å². The van der Waals surface area contributed by atoms with E-state index in [1.165, 1.54) is 25.3 Å². The fourth-order valence-electron chi connectivity index (χ4n) is 3.24. The summed E-state index contributed by atoms with van der Waals surface area (Å²) >= 11 is 3.29. The third kappa shape index (κ3) is 2.86. The number of nitrogens with one attached hydrogen (secondary N) is 1. The van der Waals surface area contributed by atoms with E-state index in [2.05, 4.69) is 21.2 Å². The minimum absolute atomic E-state index is 0.0688. The number of ether oxygens (including phenoxy) is 1. The maximum absolute atomic E-state index is 14.1. The monoisotopic (exact) mass is 327 g/mol. The highest BCUT2D eigenvalue weighted by Crippen LogP contribution is 2.38. The highest BCUT2D eigenvalue weighted by Gasteiger charge is 2.39. The van der Waals surface area contributed by atoms with Crippen molar-refractivity contribution < 1.29 is 9.13 Å². The molecule has 0 aromatic heterocycles. The van der Waals surface area contributed by atoms with Crippen LogP contribution in [0.1, 0.15) is 43.8 Å². The molecule has 0 amide bonds. The Morgan fingerprint density at radius 2 is 2.05 bits per heavy atom. The maximum Gasteiger partial charge on any atom is 0.130 e. The first kappa shape index (κ1) is 13.5. The van der Waals surface area contributed by atoms with Crippen LogP contribution in [-0.2, 0) is 4.74 Å². The lowest BCUT2D eigenvalue weighted by Crippen LogP contribution is -2.51. The van der Waals surface area contributed by atoms with Gasteiger partial charge in [0.1, 0.15) is 5.82 Å². The summed E-state index contributed by atoms with van der Waals surface area (Å²) < 4.78 is 21.1. The van der Waals surface area contributed by atoms with Crippen molar-refractivity contribution >= 4 is 15.9 Å². The van der Waals surface area contributed by atoms with Gasteiger partial charge in [0.05, 0.1) is 11.7 Å². The summed E-state index contributed by atoms with van der Waals surface area (Å²) in [5.41, 5.74) is 0.598. The minimum Gasteiger partial charge on any atom is -0.364 e. The average Bonchev–Trinajstić information content (AvgIpc) is 2.39. The van der Waals surface area contributed by atoms with Crippen molar-refractivity contribution in [3.05, 3.63) is 34.1 Å². The van der Waals surface area contributed by atoms with Gasteiger partial charge in [-0.1, -0.05) is 41.3 Å². The number of rotatable bonds is 1. The summed E-state index contributed by atoms with van der Waals surface area (Å²) in [4.78, 5) is 0. The second kappa shape index (κ2) is 5.51. The molecule has 1 aliphatic carbocycles. The molecule has 19 heavy (non-hydrogen) atoms. The fraction of sp³-hybridized carbons (Fsp3) is 0.600. The Labute approximate surface area is 121 Å².